The van der Waals surface area contributed by atoms with Gasteiger partial charge in [0.2, 0.25) is 0 Å². The lowest BCUT2D eigenvalue weighted by Gasteiger charge is -2.22. The Hall–Kier alpha value is -3.15. The van der Waals surface area contributed by atoms with Crippen molar-refractivity contribution >= 4 is 57.2 Å². The minimum atomic E-state index is -1.32. The van der Waals surface area contributed by atoms with Gasteiger partial charge in [0.05, 0.1) is 7.11 Å². The first kappa shape index (κ1) is 38.9. The molecule has 0 saturated carbocycles. The number of methoxy groups -OCH3 is 1. The normalized spacial score (nSPS) is 12.6. The maximum atomic E-state index is 11.6. The van der Waals surface area contributed by atoms with Crippen LogP contribution in [0.25, 0.3) is 11.1 Å². The molecule has 0 bridgehead atoms. The van der Waals surface area contributed by atoms with Crippen LogP contribution in [0.4, 0.5) is 4.79 Å². The van der Waals surface area contributed by atoms with Gasteiger partial charge in [0.25, 0.3) is 0 Å². The van der Waals surface area contributed by atoms with Gasteiger partial charge in [0.15, 0.2) is 6.10 Å². The highest BCUT2D eigenvalue weighted by Gasteiger charge is 2.25. The molecule has 3 atom stereocenters. The van der Waals surface area contributed by atoms with Gasteiger partial charge >= 0.3 is 18.0 Å². The second kappa shape index (κ2) is 19.3. The second-order valence-electron chi connectivity index (χ2n) is 10.4. The molecule has 0 aliphatic heterocycles. The molecular weight excluding hydrogens is 675 g/mol. The summed E-state index contributed by atoms with van der Waals surface area (Å²) in [6, 6.07) is 20.9. The van der Waals surface area contributed by atoms with E-state index in [0.29, 0.717) is 11.4 Å². The molecule has 0 fully saturated rings. The minimum Gasteiger partial charge on any atom is -0.480 e. The van der Waals surface area contributed by atoms with Crippen molar-refractivity contribution in [1.82, 2.24) is 5.32 Å². The van der Waals surface area contributed by atoms with E-state index in [1.807, 2.05) is 60.7 Å². The number of benzene rings is 3. The minimum absolute atomic E-state index is 0.196. The van der Waals surface area contributed by atoms with E-state index in [9.17, 15) is 19.5 Å². The summed E-state index contributed by atoms with van der Waals surface area (Å²) in [6.45, 7) is 5.16. The number of hydrogen-bond donors (Lipinski definition) is 4. The summed E-state index contributed by atoms with van der Waals surface area (Å²) in [5.41, 5.74) is 8.97. The number of carboxylic acids is 1. The topological polar surface area (TPSA) is 148 Å². The predicted octanol–water partition coefficient (Wildman–Crippen LogP) is 6.24. The van der Waals surface area contributed by atoms with Gasteiger partial charge < -0.3 is 30.7 Å². The lowest BCUT2D eigenvalue weighted by molar-refractivity contribution is -0.151. The van der Waals surface area contributed by atoms with Crippen LogP contribution in [0.2, 0.25) is 5.02 Å². The third kappa shape index (κ3) is 14.5. The molecule has 0 spiro atoms. The third-order valence-corrected chi connectivity index (χ3v) is 6.54. The Kier molecular flexibility index (Phi) is 17.0. The number of carboxylic acid groups (broad SMARTS) is 1. The van der Waals surface area contributed by atoms with E-state index in [1.54, 1.807) is 32.9 Å². The molecule has 0 aromatic heterocycles. The fourth-order valence-corrected chi connectivity index (χ4v) is 4.14. The first-order valence-corrected chi connectivity index (χ1v) is 15.3. The van der Waals surface area contributed by atoms with Gasteiger partial charge in [0, 0.05) is 28.3 Å². The first-order valence-electron chi connectivity index (χ1n) is 13.4. The van der Waals surface area contributed by atoms with Crippen LogP contribution in [-0.2, 0) is 31.9 Å². The van der Waals surface area contributed by atoms with Crippen molar-refractivity contribution in [1.29, 1.82) is 0 Å². The molecule has 9 nitrogen and oxygen atoms in total. The number of nitrogens with one attached hydrogen (secondary N) is 1. The Morgan fingerprint density at radius 3 is 1.98 bits per heavy atom. The van der Waals surface area contributed by atoms with Crippen molar-refractivity contribution in [3.63, 3.8) is 0 Å². The molecule has 0 aliphatic rings. The zero-order valence-corrected chi connectivity index (χ0v) is 28.3. The number of esters is 1. The van der Waals surface area contributed by atoms with E-state index in [0.717, 1.165) is 26.7 Å². The number of aliphatic hydroxyl groups is 1. The van der Waals surface area contributed by atoms with Gasteiger partial charge in [-0.15, -0.1) is 11.6 Å². The molecular formula is C32H39BrCl2N2O7. The smallest absolute Gasteiger partial charge is 0.408 e. The molecule has 3 aromatic rings. The molecule has 0 saturated heterocycles. The Morgan fingerprint density at radius 1 is 0.932 bits per heavy atom. The number of nitrogens with two attached hydrogens (primary N) is 1. The quantitative estimate of drug-likeness (QED) is 0.151. The lowest BCUT2D eigenvalue weighted by Crippen LogP contribution is -2.44. The molecule has 44 heavy (non-hydrogen) atoms. The standard InChI is InChI=1S/C17H18ClNO3.C14H18BrNO4.CH3Cl/c1-22-17(21)16(20)15(19)9-11-5-7-12(8-6-11)13-3-2-4-14(18)10-13;1-14(2,3)20-13(19)16-11(12(17)18)8-9-4-6-10(15)7-5-9;1-2/h2-8,10,15-16,20H,9,19H2,1H3;4-7,11H,8H2,1-3H3,(H,16,19)(H,17,18);1H3/t15-,16?;11-;/m11./s1. The van der Waals surface area contributed by atoms with Gasteiger partial charge in [-0.3, -0.25) is 0 Å². The number of carbonyl (C=O) groups excluding carboxylic acids is 2. The molecule has 0 radical (unpaired) electrons. The molecule has 3 rings (SSSR count). The van der Waals surface area contributed by atoms with Crippen LogP contribution in [0, 0.1) is 0 Å². The number of carbonyl (C=O) groups is 3. The highest BCUT2D eigenvalue weighted by molar-refractivity contribution is 9.10. The van der Waals surface area contributed by atoms with Crippen molar-refractivity contribution < 1.29 is 34.1 Å². The number of alkyl halides is 1. The van der Waals surface area contributed by atoms with Crippen LogP contribution in [0.3, 0.4) is 0 Å². The molecule has 240 valence electrons. The molecule has 12 heteroatoms. The molecule has 3 aromatic carbocycles. The average molecular weight is 714 g/mol. The zero-order chi connectivity index (χ0) is 33.4. The number of hydrogen-bond acceptors (Lipinski definition) is 7. The number of aliphatic hydroxyl groups excluding tert-OH is 1. The van der Waals surface area contributed by atoms with Gasteiger partial charge in [-0.2, -0.15) is 0 Å². The van der Waals surface area contributed by atoms with Gasteiger partial charge in [-0.25, -0.2) is 14.4 Å². The second-order valence-corrected chi connectivity index (χ2v) is 11.8. The van der Waals surface area contributed by atoms with Crippen LogP contribution < -0.4 is 11.1 Å². The summed E-state index contributed by atoms with van der Waals surface area (Å²) in [7, 11) is 1.22. The summed E-state index contributed by atoms with van der Waals surface area (Å²) in [5, 5.41) is 21.9. The Morgan fingerprint density at radius 2 is 1.48 bits per heavy atom. The number of halogens is 3. The Balaban J connectivity index is 0.000000419. The van der Waals surface area contributed by atoms with E-state index >= 15 is 0 Å². The summed E-state index contributed by atoms with van der Waals surface area (Å²) < 4.78 is 10.4. The van der Waals surface area contributed by atoms with E-state index in [1.165, 1.54) is 13.5 Å². The van der Waals surface area contributed by atoms with Crippen LogP contribution in [0.5, 0.6) is 0 Å². The first-order chi connectivity index (χ1) is 20.7. The number of aliphatic carboxylic acids is 1. The van der Waals surface area contributed by atoms with Crippen molar-refractivity contribution in [3.05, 3.63) is 93.4 Å². The number of rotatable bonds is 9. The lowest BCUT2D eigenvalue weighted by atomic mass is 9.99. The van der Waals surface area contributed by atoms with Crippen molar-refractivity contribution in [3.8, 4) is 11.1 Å². The van der Waals surface area contributed by atoms with Crippen molar-refractivity contribution in [2.24, 2.45) is 5.73 Å². The van der Waals surface area contributed by atoms with Crippen LogP contribution in [0.1, 0.15) is 31.9 Å². The van der Waals surface area contributed by atoms with E-state index in [-0.39, 0.29) is 6.42 Å². The fourth-order valence-electron chi connectivity index (χ4n) is 3.69. The summed E-state index contributed by atoms with van der Waals surface area (Å²) in [4.78, 5) is 34.1. The monoisotopic (exact) mass is 712 g/mol. The van der Waals surface area contributed by atoms with Gasteiger partial charge in [-0.1, -0.05) is 76.1 Å². The Bertz CT molecular complexity index is 1330. The largest absolute Gasteiger partial charge is 0.480 e. The number of alkyl carbamates (subject to hydrolysis) is 1. The molecule has 0 aliphatic carbocycles. The molecule has 5 N–H and O–H groups in total. The van der Waals surface area contributed by atoms with Crippen LogP contribution in [-0.4, -0.2) is 65.5 Å². The highest BCUT2D eigenvalue weighted by Crippen LogP contribution is 2.23. The van der Waals surface area contributed by atoms with Gasteiger partial charge in [-0.05, 0) is 73.7 Å². The number of amides is 1. The third-order valence-electron chi connectivity index (χ3n) is 5.77. The van der Waals surface area contributed by atoms with Gasteiger partial charge in [0.1, 0.15) is 11.6 Å². The van der Waals surface area contributed by atoms with E-state index in [4.69, 9.17) is 27.2 Å². The maximum absolute atomic E-state index is 11.6. The summed E-state index contributed by atoms with van der Waals surface area (Å²) in [5.74, 6) is -1.82. The molecule has 1 unspecified atom stereocenters. The predicted molar refractivity (Wildman–Crippen MR) is 177 cm³/mol. The van der Waals surface area contributed by atoms with E-state index in [2.05, 4.69) is 37.6 Å². The molecule has 0 heterocycles. The fraction of sp³-hybridized carbons (Fsp3) is 0.344. The van der Waals surface area contributed by atoms with Crippen molar-refractivity contribution in [2.75, 3.05) is 13.5 Å². The summed E-state index contributed by atoms with van der Waals surface area (Å²) in [6.07, 6.45) is -0.00636. The van der Waals surface area contributed by atoms with Crippen molar-refractivity contribution in [2.45, 2.75) is 57.4 Å². The number of ether oxygens (including phenoxy) is 2. The summed E-state index contributed by atoms with van der Waals surface area (Å²) >= 11 is 13.9. The zero-order valence-electron chi connectivity index (χ0n) is 25.2. The van der Waals surface area contributed by atoms with Crippen LogP contribution in [0.15, 0.2) is 77.3 Å². The molecule has 1 amide bonds. The SMILES string of the molecule is CC(C)(C)OC(=O)N[C@H](Cc1ccc(Br)cc1)C(=O)O.CCl.COC(=O)C(O)[C@H](N)Cc1ccc(-c2cccc(Cl)c2)cc1. The average Bonchev–Trinajstić information content (AvgIpc) is 2.98. The van der Waals surface area contributed by atoms with Crippen LogP contribution >= 0.6 is 39.1 Å². The highest BCUT2D eigenvalue weighted by atomic mass is 79.9. The Labute approximate surface area is 276 Å². The maximum Gasteiger partial charge on any atom is 0.408 e. The van der Waals surface area contributed by atoms with E-state index < -0.39 is 41.8 Å².